The molecule has 1 unspecified atom stereocenters. The molecule has 92 valence electrons. The van der Waals surface area contributed by atoms with Crippen molar-refractivity contribution in [2.45, 2.75) is 32.2 Å². The standard InChI is InChI=1S/C12H23N3O/c1-12(5-6-13-9-12)11(16)14-10-3-7-15(2)8-4-10/h10,13H,3-9H2,1-2H3,(H,14,16). The summed E-state index contributed by atoms with van der Waals surface area (Å²) in [4.78, 5) is 14.5. The smallest absolute Gasteiger partial charge is 0.227 e. The van der Waals surface area contributed by atoms with E-state index in [-0.39, 0.29) is 11.3 Å². The van der Waals surface area contributed by atoms with E-state index in [1.165, 1.54) is 0 Å². The van der Waals surface area contributed by atoms with E-state index in [2.05, 4.69) is 29.5 Å². The van der Waals surface area contributed by atoms with Crippen molar-refractivity contribution in [2.24, 2.45) is 5.41 Å². The molecule has 1 amide bonds. The van der Waals surface area contributed by atoms with Crippen molar-refractivity contribution in [3.05, 3.63) is 0 Å². The highest BCUT2D eigenvalue weighted by Crippen LogP contribution is 2.25. The van der Waals surface area contributed by atoms with Crippen molar-refractivity contribution < 1.29 is 4.79 Å². The Hall–Kier alpha value is -0.610. The fraction of sp³-hybridized carbons (Fsp3) is 0.917. The highest BCUT2D eigenvalue weighted by atomic mass is 16.2. The second-order valence-electron chi connectivity index (χ2n) is 5.54. The first-order chi connectivity index (χ1) is 7.60. The van der Waals surface area contributed by atoms with Gasteiger partial charge in [-0.25, -0.2) is 0 Å². The Balaban J connectivity index is 1.83. The van der Waals surface area contributed by atoms with Crippen LogP contribution in [0.2, 0.25) is 0 Å². The molecule has 2 saturated heterocycles. The SMILES string of the molecule is CN1CCC(NC(=O)C2(C)CCNC2)CC1. The molecule has 2 aliphatic rings. The van der Waals surface area contributed by atoms with Gasteiger partial charge in [-0.2, -0.15) is 0 Å². The van der Waals surface area contributed by atoms with E-state index in [0.717, 1.165) is 45.4 Å². The maximum atomic E-state index is 12.2. The Bertz CT molecular complexity index is 253. The highest BCUT2D eigenvalue weighted by molar-refractivity contribution is 5.83. The van der Waals surface area contributed by atoms with Crippen molar-refractivity contribution in [3.8, 4) is 0 Å². The van der Waals surface area contributed by atoms with Crippen LogP contribution >= 0.6 is 0 Å². The molecular formula is C12H23N3O. The summed E-state index contributed by atoms with van der Waals surface area (Å²) in [5.41, 5.74) is -0.177. The highest BCUT2D eigenvalue weighted by Gasteiger charge is 2.37. The predicted molar refractivity (Wildman–Crippen MR) is 64.3 cm³/mol. The van der Waals surface area contributed by atoms with Gasteiger partial charge in [-0.15, -0.1) is 0 Å². The molecule has 2 heterocycles. The maximum absolute atomic E-state index is 12.2. The number of amides is 1. The Labute approximate surface area is 97.8 Å². The van der Waals surface area contributed by atoms with Crippen LogP contribution in [0.25, 0.3) is 0 Å². The van der Waals surface area contributed by atoms with Crippen LogP contribution in [0, 0.1) is 5.41 Å². The summed E-state index contributed by atoms with van der Waals surface area (Å²) >= 11 is 0. The molecule has 4 nitrogen and oxygen atoms in total. The Morgan fingerprint density at radius 1 is 1.44 bits per heavy atom. The second-order valence-corrected chi connectivity index (χ2v) is 5.54. The van der Waals surface area contributed by atoms with Crippen LogP contribution in [0.3, 0.4) is 0 Å². The quantitative estimate of drug-likeness (QED) is 0.705. The molecule has 0 aromatic rings. The molecule has 0 aromatic carbocycles. The van der Waals surface area contributed by atoms with Crippen LogP contribution in [-0.2, 0) is 4.79 Å². The number of nitrogens with one attached hydrogen (secondary N) is 2. The molecule has 4 heteroatoms. The van der Waals surface area contributed by atoms with Crippen molar-refractivity contribution in [1.29, 1.82) is 0 Å². The summed E-state index contributed by atoms with van der Waals surface area (Å²) < 4.78 is 0. The third kappa shape index (κ3) is 2.55. The normalized spacial score (nSPS) is 32.9. The van der Waals surface area contributed by atoms with Gasteiger partial charge < -0.3 is 15.5 Å². The molecule has 2 fully saturated rings. The minimum atomic E-state index is -0.177. The lowest BCUT2D eigenvalue weighted by atomic mass is 9.88. The topological polar surface area (TPSA) is 44.4 Å². The average Bonchev–Trinajstić information content (AvgIpc) is 2.70. The Morgan fingerprint density at radius 2 is 2.12 bits per heavy atom. The molecule has 0 aliphatic carbocycles. The largest absolute Gasteiger partial charge is 0.353 e. The maximum Gasteiger partial charge on any atom is 0.227 e. The van der Waals surface area contributed by atoms with Gasteiger partial charge in [0.05, 0.1) is 5.41 Å². The zero-order valence-electron chi connectivity index (χ0n) is 10.4. The van der Waals surface area contributed by atoms with Crippen molar-refractivity contribution in [2.75, 3.05) is 33.2 Å². The molecule has 0 spiro atoms. The Morgan fingerprint density at radius 3 is 2.69 bits per heavy atom. The van der Waals surface area contributed by atoms with Crippen LogP contribution in [0.5, 0.6) is 0 Å². The van der Waals surface area contributed by atoms with Crippen LogP contribution in [0.15, 0.2) is 0 Å². The third-order valence-electron chi connectivity index (χ3n) is 3.97. The van der Waals surface area contributed by atoms with Crippen molar-refractivity contribution in [1.82, 2.24) is 15.5 Å². The number of hydrogen-bond donors (Lipinski definition) is 2. The Kier molecular flexibility index (Phi) is 3.50. The molecule has 0 aromatic heterocycles. The van der Waals surface area contributed by atoms with E-state index >= 15 is 0 Å². The lowest BCUT2D eigenvalue weighted by Gasteiger charge is -2.32. The number of rotatable bonds is 2. The van der Waals surface area contributed by atoms with Crippen molar-refractivity contribution in [3.63, 3.8) is 0 Å². The molecule has 16 heavy (non-hydrogen) atoms. The number of likely N-dealkylation sites (tertiary alicyclic amines) is 1. The summed E-state index contributed by atoms with van der Waals surface area (Å²) in [7, 11) is 2.14. The average molecular weight is 225 g/mol. The first-order valence-electron chi connectivity index (χ1n) is 6.30. The van der Waals surface area contributed by atoms with E-state index in [9.17, 15) is 4.79 Å². The molecule has 2 N–H and O–H groups in total. The fourth-order valence-electron chi connectivity index (χ4n) is 2.52. The minimum absolute atomic E-state index is 0.177. The van der Waals surface area contributed by atoms with Crippen LogP contribution in [0.1, 0.15) is 26.2 Å². The number of carbonyl (C=O) groups excluding carboxylic acids is 1. The van der Waals surface area contributed by atoms with Gasteiger partial charge in [0.25, 0.3) is 0 Å². The fourth-order valence-corrected chi connectivity index (χ4v) is 2.52. The van der Waals surface area contributed by atoms with Crippen LogP contribution in [-0.4, -0.2) is 50.1 Å². The van der Waals surface area contributed by atoms with Crippen molar-refractivity contribution >= 4 is 5.91 Å². The molecule has 0 saturated carbocycles. The first-order valence-corrected chi connectivity index (χ1v) is 6.30. The first kappa shape index (κ1) is 11.9. The summed E-state index contributed by atoms with van der Waals surface area (Å²) in [6.07, 6.45) is 3.14. The van der Waals surface area contributed by atoms with E-state index < -0.39 is 0 Å². The summed E-state index contributed by atoms with van der Waals surface area (Å²) in [6, 6.07) is 0.390. The molecule has 2 aliphatic heterocycles. The van der Waals surface area contributed by atoms with E-state index in [4.69, 9.17) is 0 Å². The van der Waals surface area contributed by atoms with Crippen LogP contribution < -0.4 is 10.6 Å². The van der Waals surface area contributed by atoms with E-state index in [1.54, 1.807) is 0 Å². The summed E-state index contributed by atoms with van der Waals surface area (Å²) in [6.45, 7) is 6.06. The number of nitrogens with zero attached hydrogens (tertiary/aromatic N) is 1. The van der Waals surface area contributed by atoms with Gasteiger partial charge in [0.15, 0.2) is 0 Å². The minimum Gasteiger partial charge on any atom is -0.353 e. The molecule has 0 bridgehead atoms. The monoisotopic (exact) mass is 225 g/mol. The van der Waals surface area contributed by atoms with Gasteiger partial charge >= 0.3 is 0 Å². The number of hydrogen-bond acceptors (Lipinski definition) is 3. The second kappa shape index (κ2) is 4.72. The summed E-state index contributed by atoms with van der Waals surface area (Å²) in [5, 5.41) is 6.49. The zero-order valence-corrected chi connectivity index (χ0v) is 10.4. The van der Waals surface area contributed by atoms with E-state index in [1.807, 2.05) is 0 Å². The lowest BCUT2D eigenvalue weighted by Crippen LogP contribution is -2.49. The molecule has 2 rings (SSSR count). The van der Waals surface area contributed by atoms with Gasteiger partial charge in [-0.1, -0.05) is 0 Å². The van der Waals surface area contributed by atoms with Crippen LogP contribution in [0.4, 0.5) is 0 Å². The van der Waals surface area contributed by atoms with E-state index in [0.29, 0.717) is 6.04 Å². The number of carbonyl (C=O) groups is 1. The molecule has 0 radical (unpaired) electrons. The van der Waals surface area contributed by atoms with Gasteiger partial charge in [0, 0.05) is 12.6 Å². The number of piperidine rings is 1. The van der Waals surface area contributed by atoms with Gasteiger partial charge in [-0.05, 0) is 52.9 Å². The zero-order chi connectivity index (χ0) is 11.6. The summed E-state index contributed by atoms with van der Waals surface area (Å²) in [5.74, 6) is 0.243. The third-order valence-corrected chi connectivity index (χ3v) is 3.97. The predicted octanol–water partition coefficient (Wildman–Crippen LogP) is 0.196. The lowest BCUT2D eigenvalue weighted by molar-refractivity contribution is -0.130. The van der Waals surface area contributed by atoms with Gasteiger partial charge in [-0.3, -0.25) is 4.79 Å². The van der Waals surface area contributed by atoms with Gasteiger partial charge in [0.2, 0.25) is 5.91 Å². The molecule has 1 atom stereocenters. The molecular weight excluding hydrogens is 202 g/mol. The van der Waals surface area contributed by atoms with Gasteiger partial charge in [0.1, 0.15) is 0 Å².